The van der Waals surface area contributed by atoms with Crippen molar-refractivity contribution >= 4 is 39.4 Å². The van der Waals surface area contributed by atoms with Gasteiger partial charge in [-0.1, -0.05) is 0 Å². The van der Waals surface area contributed by atoms with Gasteiger partial charge in [0.1, 0.15) is 5.75 Å². The Morgan fingerprint density at radius 1 is 1.31 bits per heavy atom. The number of rotatable bonds is 1. The second kappa shape index (κ2) is 4.46. The molecule has 0 fully saturated rings. The molecule has 1 aromatic carbocycles. The maximum atomic E-state index is 11.1. The zero-order valence-corrected chi connectivity index (χ0v) is 10.7. The standard InChI is InChI=1S/C8H10O3S.Na/c1-6-5-7(9)3-4-8(6)12(2,10)11;/h3-5,9H,1-2H3;. The van der Waals surface area contributed by atoms with Gasteiger partial charge in [-0.15, -0.1) is 0 Å². The Hall–Kier alpha value is -0.0300. The van der Waals surface area contributed by atoms with Crippen LogP contribution in [-0.4, -0.2) is 49.3 Å². The molecule has 0 aliphatic carbocycles. The van der Waals surface area contributed by atoms with Crippen LogP contribution in [0.1, 0.15) is 5.56 Å². The Morgan fingerprint density at radius 3 is 2.23 bits per heavy atom. The van der Waals surface area contributed by atoms with Gasteiger partial charge in [0.2, 0.25) is 0 Å². The molecule has 0 spiro atoms. The molecule has 1 aromatic rings. The summed E-state index contributed by atoms with van der Waals surface area (Å²) in [5.41, 5.74) is 0.567. The zero-order chi connectivity index (χ0) is 9.35. The van der Waals surface area contributed by atoms with Crippen molar-refractivity contribution in [3.05, 3.63) is 23.8 Å². The summed E-state index contributed by atoms with van der Waals surface area (Å²) in [4.78, 5) is 0.264. The maximum Gasteiger partial charge on any atom is 0.175 e. The Labute approximate surface area is 100.0 Å². The molecular formula is C8H10NaO3S. The molecule has 0 aliphatic heterocycles. The molecule has 0 unspecified atom stereocenters. The smallest absolute Gasteiger partial charge is 0.175 e. The van der Waals surface area contributed by atoms with E-state index >= 15 is 0 Å². The van der Waals surface area contributed by atoms with Crippen LogP contribution in [0.5, 0.6) is 5.75 Å². The molecule has 0 amide bonds. The van der Waals surface area contributed by atoms with Crippen LogP contribution < -0.4 is 0 Å². The van der Waals surface area contributed by atoms with E-state index in [1.165, 1.54) is 18.2 Å². The van der Waals surface area contributed by atoms with E-state index in [4.69, 9.17) is 5.11 Å². The van der Waals surface area contributed by atoms with E-state index in [9.17, 15) is 8.42 Å². The summed E-state index contributed by atoms with van der Waals surface area (Å²) >= 11 is 0. The van der Waals surface area contributed by atoms with Gasteiger partial charge in [-0.25, -0.2) is 8.42 Å². The number of phenolic OH excluding ortho intramolecular Hbond substituents is 1. The molecule has 0 aromatic heterocycles. The quantitative estimate of drug-likeness (QED) is 0.693. The van der Waals surface area contributed by atoms with E-state index < -0.39 is 9.84 Å². The van der Waals surface area contributed by atoms with Gasteiger partial charge in [-0.2, -0.15) is 0 Å². The van der Waals surface area contributed by atoms with Gasteiger partial charge >= 0.3 is 0 Å². The molecule has 5 heteroatoms. The van der Waals surface area contributed by atoms with Gasteiger partial charge in [0.15, 0.2) is 9.84 Å². The van der Waals surface area contributed by atoms with E-state index in [2.05, 4.69) is 0 Å². The Bertz CT molecular complexity index is 398. The van der Waals surface area contributed by atoms with Crippen molar-refractivity contribution < 1.29 is 13.5 Å². The summed E-state index contributed by atoms with van der Waals surface area (Å²) in [7, 11) is -3.16. The minimum absolute atomic E-state index is 0. The van der Waals surface area contributed by atoms with Crippen molar-refractivity contribution in [2.24, 2.45) is 0 Å². The van der Waals surface area contributed by atoms with Crippen LogP contribution in [0, 0.1) is 6.92 Å². The van der Waals surface area contributed by atoms with Gasteiger partial charge in [0, 0.05) is 35.8 Å². The third kappa shape index (κ3) is 3.31. The second-order valence-electron chi connectivity index (χ2n) is 2.72. The van der Waals surface area contributed by atoms with Crippen molar-refractivity contribution in [1.82, 2.24) is 0 Å². The summed E-state index contributed by atoms with van der Waals surface area (Å²) in [6.07, 6.45) is 1.15. The third-order valence-electron chi connectivity index (χ3n) is 1.56. The van der Waals surface area contributed by atoms with E-state index in [1.54, 1.807) is 6.92 Å². The molecule has 0 aliphatic rings. The summed E-state index contributed by atoms with van der Waals surface area (Å²) in [5.74, 6) is 0.0832. The van der Waals surface area contributed by atoms with Crippen LogP contribution in [0.2, 0.25) is 0 Å². The minimum atomic E-state index is -3.16. The zero-order valence-electron chi connectivity index (χ0n) is 7.90. The molecule has 1 rings (SSSR count). The van der Waals surface area contributed by atoms with Gasteiger partial charge in [-0.3, -0.25) is 0 Å². The summed E-state index contributed by atoms with van der Waals surface area (Å²) in [5, 5.41) is 9.01. The van der Waals surface area contributed by atoms with Crippen molar-refractivity contribution in [3.8, 4) is 5.75 Å². The Kier molecular flexibility index (Phi) is 4.45. The molecule has 0 saturated carbocycles. The number of phenols is 1. The van der Waals surface area contributed by atoms with E-state index in [0.29, 0.717) is 5.56 Å². The van der Waals surface area contributed by atoms with Crippen LogP contribution in [0.3, 0.4) is 0 Å². The molecule has 67 valence electrons. The van der Waals surface area contributed by atoms with E-state index in [0.717, 1.165) is 6.26 Å². The SMILES string of the molecule is Cc1cc(O)ccc1S(C)(=O)=O.[Na]. The Balaban J connectivity index is 0.00000144. The Morgan fingerprint density at radius 2 is 1.85 bits per heavy atom. The van der Waals surface area contributed by atoms with Crippen molar-refractivity contribution in [3.63, 3.8) is 0 Å². The molecule has 1 radical (unpaired) electrons. The van der Waals surface area contributed by atoms with Crippen LogP contribution >= 0.6 is 0 Å². The average molecular weight is 209 g/mol. The topological polar surface area (TPSA) is 54.4 Å². The monoisotopic (exact) mass is 209 g/mol. The summed E-state index contributed by atoms with van der Waals surface area (Å²) < 4.78 is 22.2. The first-order chi connectivity index (χ1) is 5.41. The predicted octanol–water partition coefficient (Wildman–Crippen LogP) is 0.723. The fourth-order valence-corrected chi connectivity index (χ4v) is 2.01. The van der Waals surface area contributed by atoms with Crippen LogP contribution in [0.25, 0.3) is 0 Å². The molecule has 1 N–H and O–H groups in total. The van der Waals surface area contributed by atoms with Crippen LogP contribution in [-0.2, 0) is 9.84 Å². The predicted molar refractivity (Wildman–Crippen MR) is 51.7 cm³/mol. The first kappa shape index (κ1) is 13.0. The maximum absolute atomic E-state index is 11.1. The van der Waals surface area contributed by atoms with Crippen molar-refractivity contribution in [2.75, 3.05) is 6.26 Å². The number of hydrogen-bond donors (Lipinski definition) is 1. The number of hydrogen-bond acceptors (Lipinski definition) is 3. The van der Waals surface area contributed by atoms with Crippen LogP contribution in [0.15, 0.2) is 23.1 Å². The van der Waals surface area contributed by atoms with Gasteiger partial charge < -0.3 is 5.11 Å². The number of aromatic hydroxyl groups is 1. The molecule has 0 bridgehead atoms. The summed E-state index contributed by atoms with van der Waals surface area (Å²) in [6.45, 7) is 1.65. The molecule has 0 heterocycles. The number of benzene rings is 1. The number of sulfone groups is 1. The first-order valence-corrected chi connectivity index (χ1v) is 5.30. The van der Waals surface area contributed by atoms with Gasteiger partial charge in [0.05, 0.1) is 4.90 Å². The second-order valence-corrected chi connectivity index (χ2v) is 4.71. The summed E-state index contributed by atoms with van der Waals surface area (Å²) in [6, 6.07) is 4.19. The third-order valence-corrected chi connectivity index (χ3v) is 2.81. The molecule has 0 atom stereocenters. The van der Waals surface area contributed by atoms with E-state index in [1.807, 2.05) is 0 Å². The number of aryl methyl sites for hydroxylation is 1. The molecular weight excluding hydrogens is 199 g/mol. The van der Waals surface area contributed by atoms with Crippen molar-refractivity contribution in [1.29, 1.82) is 0 Å². The molecule has 3 nitrogen and oxygen atoms in total. The fraction of sp³-hybridized carbons (Fsp3) is 0.250. The van der Waals surface area contributed by atoms with Crippen molar-refractivity contribution in [2.45, 2.75) is 11.8 Å². The molecule has 0 saturated heterocycles. The molecule has 13 heavy (non-hydrogen) atoms. The largest absolute Gasteiger partial charge is 0.508 e. The fourth-order valence-electron chi connectivity index (χ4n) is 1.05. The first-order valence-electron chi connectivity index (χ1n) is 3.41. The van der Waals surface area contributed by atoms with Gasteiger partial charge in [-0.05, 0) is 30.7 Å². The normalized spacial score (nSPS) is 10.6. The van der Waals surface area contributed by atoms with Crippen LogP contribution in [0.4, 0.5) is 0 Å². The average Bonchev–Trinajstić information content (AvgIpc) is 1.83. The van der Waals surface area contributed by atoms with E-state index in [-0.39, 0.29) is 40.2 Å². The minimum Gasteiger partial charge on any atom is -0.508 e. The van der Waals surface area contributed by atoms with Gasteiger partial charge in [0.25, 0.3) is 0 Å².